The van der Waals surface area contributed by atoms with Gasteiger partial charge in [-0.15, -0.1) is 0 Å². The fourth-order valence-corrected chi connectivity index (χ4v) is 2.66. The molecule has 104 valence electrons. The Labute approximate surface area is 114 Å². The number of carbonyl (C=O) groups is 1. The van der Waals surface area contributed by atoms with Crippen LogP contribution < -0.4 is 5.32 Å². The normalized spacial score (nSPS) is 20.8. The third-order valence-corrected chi connectivity index (χ3v) is 3.66. The first-order valence-corrected chi connectivity index (χ1v) is 6.95. The Kier molecular flexibility index (Phi) is 4.93. The predicted octanol–water partition coefficient (Wildman–Crippen LogP) is 0.800. The van der Waals surface area contributed by atoms with E-state index < -0.39 is 0 Å². The SMILES string of the molecule is CCNC1CCN(C(CO)Cc2ccccc2)C1=O. The van der Waals surface area contributed by atoms with Crippen molar-refractivity contribution >= 4 is 5.91 Å². The number of likely N-dealkylation sites (N-methyl/N-ethyl adjacent to an activating group) is 1. The van der Waals surface area contributed by atoms with Crippen molar-refractivity contribution in [1.82, 2.24) is 10.2 Å². The fourth-order valence-electron chi connectivity index (χ4n) is 2.66. The van der Waals surface area contributed by atoms with Gasteiger partial charge in [0, 0.05) is 6.54 Å². The number of likely N-dealkylation sites (tertiary alicyclic amines) is 1. The smallest absolute Gasteiger partial charge is 0.240 e. The molecule has 1 aliphatic heterocycles. The third-order valence-electron chi connectivity index (χ3n) is 3.66. The molecule has 2 N–H and O–H groups in total. The Balaban J connectivity index is 2.01. The molecule has 0 saturated carbocycles. The van der Waals surface area contributed by atoms with Crippen LogP contribution in [0, 0.1) is 0 Å². The number of benzene rings is 1. The van der Waals surface area contributed by atoms with E-state index in [-0.39, 0.29) is 24.6 Å². The summed E-state index contributed by atoms with van der Waals surface area (Å²) in [4.78, 5) is 14.1. The lowest BCUT2D eigenvalue weighted by molar-refractivity contribution is -0.132. The summed E-state index contributed by atoms with van der Waals surface area (Å²) in [5, 5.41) is 12.8. The van der Waals surface area contributed by atoms with Crippen LogP contribution in [0.4, 0.5) is 0 Å². The van der Waals surface area contributed by atoms with Gasteiger partial charge in [-0.25, -0.2) is 0 Å². The number of rotatable bonds is 6. The molecular weight excluding hydrogens is 240 g/mol. The third kappa shape index (κ3) is 3.33. The Morgan fingerprint density at radius 3 is 2.79 bits per heavy atom. The highest BCUT2D eigenvalue weighted by molar-refractivity contribution is 5.84. The van der Waals surface area contributed by atoms with E-state index in [1.807, 2.05) is 42.2 Å². The number of nitrogens with zero attached hydrogens (tertiary/aromatic N) is 1. The molecule has 0 aromatic heterocycles. The van der Waals surface area contributed by atoms with Gasteiger partial charge >= 0.3 is 0 Å². The molecular formula is C15H22N2O2. The minimum Gasteiger partial charge on any atom is -0.394 e. The Bertz CT molecular complexity index is 408. The molecule has 1 aromatic carbocycles. The van der Waals surface area contributed by atoms with Crippen LogP contribution >= 0.6 is 0 Å². The second-order valence-corrected chi connectivity index (χ2v) is 4.96. The highest BCUT2D eigenvalue weighted by Crippen LogP contribution is 2.17. The molecule has 2 atom stereocenters. The monoisotopic (exact) mass is 262 g/mol. The van der Waals surface area contributed by atoms with Gasteiger partial charge in [0.15, 0.2) is 0 Å². The molecule has 1 aromatic rings. The van der Waals surface area contributed by atoms with Gasteiger partial charge in [0.25, 0.3) is 0 Å². The number of nitrogens with one attached hydrogen (secondary N) is 1. The lowest BCUT2D eigenvalue weighted by Crippen LogP contribution is -2.45. The highest BCUT2D eigenvalue weighted by Gasteiger charge is 2.34. The first kappa shape index (κ1) is 14.0. The van der Waals surface area contributed by atoms with Crippen molar-refractivity contribution in [3.05, 3.63) is 35.9 Å². The molecule has 2 unspecified atom stereocenters. The number of aliphatic hydroxyl groups is 1. The van der Waals surface area contributed by atoms with E-state index in [9.17, 15) is 9.90 Å². The van der Waals surface area contributed by atoms with Gasteiger partial charge in [-0.1, -0.05) is 37.3 Å². The summed E-state index contributed by atoms with van der Waals surface area (Å²) in [6.45, 7) is 3.55. The lowest BCUT2D eigenvalue weighted by Gasteiger charge is -2.26. The molecule has 1 saturated heterocycles. The maximum Gasteiger partial charge on any atom is 0.240 e. The molecule has 0 spiro atoms. The quantitative estimate of drug-likeness (QED) is 0.797. The van der Waals surface area contributed by atoms with Gasteiger partial charge in [-0.2, -0.15) is 0 Å². The number of hydrogen-bond donors (Lipinski definition) is 2. The molecule has 0 aliphatic carbocycles. The van der Waals surface area contributed by atoms with Gasteiger partial charge < -0.3 is 15.3 Å². The van der Waals surface area contributed by atoms with Crippen LogP contribution in [0.2, 0.25) is 0 Å². The van der Waals surface area contributed by atoms with E-state index in [0.717, 1.165) is 25.1 Å². The molecule has 1 fully saturated rings. The molecule has 0 bridgehead atoms. The van der Waals surface area contributed by atoms with Crippen molar-refractivity contribution in [1.29, 1.82) is 0 Å². The van der Waals surface area contributed by atoms with E-state index in [2.05, 4.69) is 5.32 Å². The van der Waals surface area contributed by atoms with Crippen molar-refractivity contribution in [2.45, 2.75) is 31.8 Å². The predicted molar refractivity (Wildman–Crippen MR) is 74.8 cm³/mol. The molecule has 2 rings (SSSR count). The summed E-state index contributed by atoms with van der Waals surface area (Å²) in [6.07, 6.45) is 1.54. The minimum absolute atomic E-state index is 0.0134. The van der Waals surface area contributed by atoms with E-state index >= 15 is 0 Å². The lowest BCUT2D eigenvalue weighted by atomic mass is 10.1. The summed E-state index contributed by atoms with van der Waals surface area (Å²) in [7, 11) is 0. The molecule has 0 radical (unpaired) electrons. The van der Waals surface area contributed by atoms with Gasteiger partial charge in [0.2, 0.25) is 5.91 Å². The Morgan fingerprint density at radius 2 is 2.16 bits per heavy atom. The van der Waals surface area contributed by atoms with E-state index in [1.54, 1.807) is 0 Å². The Hall–Kier alpha value is -1.39. The van der Waals surface area contributed by atoms with Crippen LogP contribution in [0.3, 0.4) is 0 Å². The van der Waals surface area contributed by atoms with Gasteiger partial charge in [0.1, 0.15) is 0 Å². The first-order chi connectivity index (χ1) is 9.26. The van der Waals surface area contributed by atoms with E-state index in [0.29, 0.717) is 6.42 Å². The zero-order valence-electron chi connectivity index (χ0n) is 11.4. The zero-order chi connectivity index (χ0) is 13.7. The average molecular weight is 262 g/mol. The number of hydrogen-bond acceptors (Lipinski definition) is 3. The van der Waals surface area contributed by atoms with Crippen molar-refractivity contribution in [2.24, 2.45) is 0 Å². The Morgan fingerprint density at radius 1 is 1.42 bits per heavy atom. The molecule has 4 nitrogen and oxygen atoms in total. The van der Waals surface area contributed by atoms with Gasteiger partial charge in [-0.3, -0.25) is 4.79 Å². The van der Waals surface area contributed by atoms with Crippen LogP contribution in [0.15, 0.2) is 30.3 Å². The number of amides is 1. The van der Waals surface area contributed by atoms with Crippen molar-refractivity contribution in [3.63, 3.8) is 0 Å². The highest BCUT2D eigenvalue weighted by atomic mass is 16.3. The number of carbonyl (C=O) groups excluding carboxylic acids is 1. The summed E-state index contributed by atoms with van der Waals surface area (Å²) >= 11 is 0. The fraction of sp³-hybridized carbons (Fsp3) is 0.533. The van der Waals surface area contributed by atoms with Crippen LogP contribution in [-0.2, 0) is 11.2 Å². The molecule has 1 heterocycles. The first-order valence-electron chi connectivity index (χ1n) is 6.95. The zero-order valence-corrected chi connectivity index (χ0v) is 11.4. The largest absolute Gasteiger partial charge is 0.394 e. The second-order valence-electron chi connectivity index (χ2n) is 4.96. The second kappa shape index (κ2) is 6.68. The molecule has 4 heteroatoms. The molecule has 1 aliphatic rings. The maximum atomic E-state index is 12.2. The van der Waals surface area contributed by atoms with Crippen LogP contribution in [0.25, 0.3) is 0 Å². The molecule has 19 heavy (non-hydrogen) atoms. The summed E-state index contributed by atoms with van der Waals surface area (Å²) in [6, 6.07) is 9.82. The molecule has 1 amide bonds. The van der Waals surface area contributed by atoms with Gasteiger partial charge in [0.05, 0.1) is 18.7 Å². The van der Waals surface area contributed by atoms with E-state index in [1.165, 1.54) is 0 Å². The van der Waals surface area contributed by atoms with Crippen LogP contribution in [-0.4, -0.2) is 47.7 Å². The average Bonchev–Trinajstić information content (AvgIpc) is 2.79. The number of aliphatic hydroxyl groups excluding tert-OH is 1. The maximum absolute atomic E-state index is 12.2. The summed E-state index contributed by atoms with van der Waals surface area (Å²) in [5.74, 6) is 0.122. The van der Waals surface area contributed by atoms with E-state index in [4.69, 9.17) is 0 Å². The topological polar surface area (TPSA) is 52.6 Å². The standard InChI is InChI=1S/C15H22N2O2/c1-2-16-14-8-9-17(15(14)19)13(11-18)10-12-6-4-3-5-7-12/h3-7,13-14,16,18H,2,8-11H2,1H3. The summed E-state index contributed by atoms with van der Waals surface area (Å²) in [5.41, 5.74) is 1.15. The van der Waals surface area contributed by atoms with Crippen LogP contribution in [0.5, 0.6) is 0 Å². The van der Waals surface area contributed by atoms with Crippen LogP contribution in [0.1, 0.15) is 18.9 Å². The van der Waals surface area contributed by atoms with Crippen molar-refractivity contribution in [3.8, 4) is 0 Å². The van der Waals surface area contributed by atoms with Gasteiger partial charge in [-0.05, 0) is 24.9 Å². The van der Waals surface area contributed by atoms with Crippen molar-refractivity contribution < 1.29 is 9.90 Å². The minimum atomic E-state index is -0.112. The van der Waals surface area contributed by atoms with Crippen molar-refractivity contribution in [2.75, 3.05) is 19.7 Å². The summed E-state index contributed by atoms with van der Waals surface area (Å²) < 4.78 is 0.